The molecule has 2 aromatic carbocycles. The predicted molar refractivity (Wildman–Crippen MR) is 101 cm³/mol. The normalized spacial score (nSPS) is 12.3. The predicted octanol–water partition coefficient (Wildman–Crippen LogP) is -2.85. The summed E-state index contributed by atoms with van der Waals surface area (Å²) in [6, 6.07) is 12.9. The van der Waals surface area contributed by atoms with Crippen molar-refractivity contribution >= 4 is 17.3 Å². The maximum atomic E-state index is 9.15. The van der Waals surface area contributed by atoms with Gasteiger partial charge in [-0.1, -0.05) is 41.5 Å². The summed E-state index contributed by atoms with van der Waals surface area (Å²) < 4.78 is 0. The summed E-state index contributed by atoms with van der Waals surface area (Å²) in [5.41, 5.74) is 3.59. The van der Waals surface area contributed by atoms with Crippen molar-refractivity contribution in [1.82, 2.24) is 0 Å². The summed E-state index contributed by atoms with van der Waals surface area (Å²) in [6.07, 6.45) is 5.30. The monoisotopic (exact) mass is 480 g/mol. The SMILES string of the molecule is CC(CCCO)=c1ccc2c(c1NC(C)(C)C)[C-]=c1ccccc1=2.[Cl-].[Cl-].[Zr+3]. The molecule has 3 rings (SSSR count). The molecule has 0 aromatic heterocycles. The molecule has 0 unspecified atom stereocenters. The van der Waals surface area contributed by atoms with Crippen LogP contribution < -0.4 is 40.6 Å². The smallest absolute Gasteiger partial charge is 1.00 e. The van der Waals surface area contributed by atoms with E-state index in [1.165, 1.54) is 21.2 Å². The number of nitrogens with one attached hydrogen (secondary N) is 1. The molecule has 1 aliphatic rings. The number of aliphatic hydroxyl groups is 1. The van der Waals surface area contributed by atoms with Crippen LogP contribution in [0.25, 0.3) is 11.6 Å². The Balaban J connectivity index is 0.00000225. The van der Waals surface area contributed by atoms with Gasteiger partial charge in [-0.05, 0) is 51.4 Å². The molecule has 0 fully saturated rings. The van der Waals surface area contributed by atoms with Crippen molar-refractivity contribution in [3.63, 3.8) is 0 Å². The van der Waals surface area contributed by atoms with Gasteiger partial charge in [-0.3, -0.25) is 0 Å². The van der Waals surface area contributed by atoms with Gasteiger partial charge in [0.15, 0.2) is 0 Å². The third-order valence-corrected chi connectivity index (χ3v) is 4.35. The van der Waals surface area contributed by atoms with Gasteiger partial charge < -0.3 is 35.2 Å². The zero-order chi connectivity index (χ0) is 17.3. The van der Waals surface area contributed by atoms with Gasteiger partial charge in [0.25, 0.3) is 0 Å². The molecule has 27 heavy (non-hydrogen) atoms. The Hall–Kier alpha value is -0.597. The van der Waals surface area contributed by atoms with Gasteiger partial charge in [-0.25, -0.2) is 0 Å². The maximum absolute atomic E-state index is 9.15. The molecule has 143 valence electrons. The molecule has 0 amide bonds. The van der Waals surface area contributed by atoms with Crippen LogP contribution in [0.4, 0.5) is 5.69 Å². The molecular formula is C22H26Cl2NOZr. The molecule has 2 aromatic rings. The van der Waals surface area contributed by atoms with Crippen molar-refractivity contribution in [3.8, 4) is 0 Å². The minimum atomic E-state index is -0.0302. The standard InChI is InChI=1S/C22H26NO.2ClH.Zr/c1-15(8-7-13-24)17-11-12-19-18-10-6-5-9-16(18)14-20(19)21(17)23-22(2,3)4;;;/h5-6,9-12,23-24H,7-8,13H2,1-4H3;2*1H;/q-1;;;+3/p-2. The fourth-order valence-electron chi connectivity index (χ4n) is 3.26. The molecule has 0 spiro atoms. The van der Waals surface area contributed by atoms with Crippen LogP contribution in [0.3, 0.4) is 0 Å². The summed E-state index contributed by atoms with van der Waals surface area (Å²) in [7, 11) is 0. The Morgan fingerprint density at radius 1 is 1.04 bits per heavy atom. The van der Waals surface area contributed by atoms with Crippen LogP contribution in [0.15, 0.2) is 36.4 Å². The van der Waals surface area contributed by atoms with Crippen LogP contribution in [0.1, 0.15) is 46.1 Å². The molecule has 0 atom stereocenters. The second-order valence-electron chi connectivity index (χ2n) is 7.56. The van der Waals surface area contributed by atoms with Gasteiger partial charge in [0.05, 0.1) is 0 Å². The van der Waals surface area contributed by atoms with Crippen LogP contribution in [-0.4, -0.2) is 17.3 Å². The van der Waals surface area contributed by atoms with E-state index in [2.05, 4.69) is 75.5 Å². The van der Waals surface area contributed by atoms with E-state index in [0.29, 0.717) is 0 Å². The number of hydrogen-bond acceptors (Lipinski definition) is 2. The van der Waals surface area contributed by atoms with Crippen LogP contribution in [0, 0.1) is 10.4 Å². The average molecular weight is 483 g/mol. The molecule has 1 radical (unpaired) electrons. The van der Waals surface area contributed by atoms with Crippen LogP contribution in [-0.2, 0) is 26.2 Å². The van der Waals surface area contributed by atoms with Gasteiger partial charge in [0, 0.05) is 12.1 Å². The zero-order valence-corrected chi connectivity index (χ0v) is 20.3. The van der Waals surface area contributed by atoms with Crippen molar-refractivity contribution in [3.05, 3.63) is 62.8 Å². The van der Waals surface area contributed by atoms with E-state index in [1.807, 2.05) is 0 Å². The number of fused-ring (bicyclic) bond motifs is 2. The van der Waals surface area contributed by atoms with E-state index in [1.54, 1.807) is 0 Å². The quantitative estimate of drug-likeness (QED) is 0.393. The number of benzene rings is 2. The third-order valence-electron chi connectivity index (χ3n) is 4.35. The van der Waals surface area contributed by atoms with Gasteiger partial charge in [0.1, 0.15) is 0 Å². The molecule has 0 saturated heterocycles. The summed E-state index contributed by atoms with van der Waals surface area (Å²) in [5.74, 6) is 0. The largest absolute Gasteiger partial charge is 3.00 e. The first-order valence-corrected chi connectivity index (χ1v) is 8.66. The average Bonchev–Trinajstić information content (AvgIpc) is 2.91. The van der Waals surface area contributed by atoms with Gasteiger partial charge in [-0.15, -0.1) is 27.8 Å². The number of anilines is 1. The molecular weight excluding hydrogens is 456 g/mol. The first-order chi connectivity index (χ1) is 11.4. The summed E-state index contributed by atoms with van der Waals surface area (Å²) in [5, 5.41) is 17.7. The minimum absolute atomic E-state index is 0. The number of aliphatic hydroxyl groups excluding tert-OH is 1. The van der Waals surface area contributed by atoms with Crippen LogP contribution in [0.2, 0.25) is 0 Å². The minimum Gasteiger partial charge on any atom is -1.00 e. The van der Waals surface area contributed by atoms with Crippen molar-refractivity contribution < 1.29 is 56.1 Å². The first kappa shape index (κ1) is 26.4. The molecule has 1 aliphatic carbocycles. The van der Waals surface area contributed by atoms with Crippen molar-refractivity contribution in [2.24, 2.45) is 0 Å². The Morgan fingerprint density at radius 2 is 1.70 bits per heavy atom. The molecule has 5 heteroatoms. The summed E-state index contributed by atoms with van der Waals surface area (Å²) in [4.78, 5) is 0. The third kappa shape index (κ3) is 5.94. The molecule has 0 bridgehead atoms. The summed E-state index contributed by atoms with van der Waals surface area (Å²) in [6.45, 7) is 8.94. The van der Waals surface area contributed by atoms with E-state index in [0.717, 1.165) is 29.3 Å². The van der Waals surface area contributed by atoms with Gasteiger partial charge in [0.2, 0.25) is 0 Å². The Kier molecular flexibility index (Phi) is 10.6. The maximum Gasteiger partial charge on any atom is 3.00 e. The summed E-state index contributed by atoms with van der Waals surface area (Å²) >= 11 is 0. The molecule has 0 aliphatic heterocycles. The van der Waals surface area contributed by atoms with Crippen LogP contribution >= 0.6 is 0 Å². The molecule has 0 saturated carbocycles. The van der Waals surface area contributed by atoms with E-state index in [9.17, 15) is 0 Å². The van der Waals surface area contributed by atoms with E-state index < -0.39 is 0 Å². The Bertz CT molecular complexity index is 981. The fourth-order valence-corrected chi connectivity index (χ4v) is 3.26. The number of rotatable bonds is 4. The van der Waals surface area contributed by atoms with Gasteiger partial charge in [-0.2, -0.15) is 0 Å². The van der Waals surface area contributed by atoms with Crippen molar-refractivity contribution in [2.45, 2.75) is 46.1 Å². The van der Waals surface area contributed by atoms with Gasteiger partial charge >= 0.3 is 26.2 Å². The molecule has 2 N–H and O–H groups in total. The topological polar surface area (TPSA) is 32.3 Å². The fraction of sp³-hybridized carbons (Fsp3) is 0.364. The first-order valence-electron chi connectivity index (χ1n) is 8.66. The molecule has 0 heterocycles. The molecule has 2 nitrogen and oxygen atoms in total. The van der Waals surface area contributed by atoms with E-state index >= 15 is 0 Å². The Morgan fingerprint density at radius 3 is 2.33 bits per heavy atom. The second kappa shape index (κ2) is 10.8. The van der Waals surface area contributed by atoms with Crippen molar-refractivity contribution in [2.75, 3.05) is 11.9 Å². The van der Waals surface area contributed by atoms with E-state index in [4.69, 9.17) is 5.11 Å². The van der Waals surface area contributed by atoms with E-state index in [-0.39, 0.29) is 63.2 Å². The zero-order valence-electron chi connectivity index (χ0n) is 16.3. The Labute approximate surface area is 193 Å². The second-order valence-corrected chi connectivity index (χ2v) is 7.56. The van der Waals surface area contributed by atoms with Crippen molar-refractivity contribution in [1.29, 1.82) is 0 Å². The number of halogens is 2. The van der Waals surface area contributed by atoms with Crippen LogP contribution in [0.5, 0.6) is 0 Å². The number of hydrogen-bond donors (Lipinski definition) is 2.